The summed E-state index contributed by atoms with van der Waals surface area (Å²) in [6, 6.07) is 0. The number of aromatic hydroxyl groups is 8. The van der Waals surface area contributed by atoms with Crippen LogP contribution in [-0.2, 0) is 30.5 Å². The molecule has 10 nitrogen and oxygen atoms in total. The first-order valence-electron chi connectivity index (χ1n) is 42.7. The topological polar surface area (TPSA) is 182 Å². The van der Waals surface area contributed by atoms with Crippen molar-refractivity contribution < 1.29 is 62.1 Å². The number of hydrogen-bond acceptors (Lipinski definition) is 9. The first kappa shape index (κ1) is 64.7. The second-order valence-electron chi connectivity index (χ2n) is 30.0. The average molecular weight is 1380 g/mol. The standard InChI is InChI=1S/C24H33NO3.C23H34O2.C22H32O2.C21H30O2/c1-13(2)19-8-7-14(3)9-21(19)22-23(27)15(4)20(16(5)24(22)28)10-18-11-25(12-18)17(6)26;1-7-8-9-10-19-16(5)22(24)21(23(25)17(19)6)20-13-15(4)11-12-18(20)14(2)3;1-7-8-9-18-15(5)21(23)20(22(24)16(18)6)19-12-14(4)10-11-17(19)13(2)3;1-7-8-17-14(5)20(22)19(21(23)15(17)6)18-11-13(4)9-10-16(18)12(2)3/h9,18-19,21,27-28H,1,7-8,10-12H2,2-6H3;13,18,20,24-25H,2,7-12H2,1,3-6H3;12,17,19,23-24H,2,7-11H2,1,3-6H3;11,16,18,22-23H,2,7-10H2,1,3-6H3/t19-,21+;18-,20+;17-,19+;16-,18+/m1111/s1/i3D3;3*4D3. The van der Waals surface area contributed by atoms with E-state index in [0.717, 1.165) is 136 Å². The van der Waals surface area contributed by atoms with Gasteiger partial charge in [0, 0.05) is 82.4 Å². The van der Waals surface area contributed by atoms with E-state index < -0.39 is 33.3 Å². The van der Waals surface area contributed by atoms with Gasteiger partial charge in [-0.25, -0.2) is 0 Å². The number of phenols is 8. The van der Waals surface area contributed by atoms with Crippen molar-refractivity contribution in [3.8, 4) is 46.0 Å². The van der Waals surface area contributed by atoms with Gasteiger partial charge in [0.15, 0.2) is 0 Å². The molecule has 8 atom stereocenters. The lowest BCUT2D eigenvalue weighted by molar-refractivity contribution is -0.134. The highest BCUT2D eigenvalue weighted by Gasteiger charge is 2.38. The Labute approximate surface area is 620 Å². The van der Waals surface area contributed by atoms with E-state index in [4.69, 9.17) is 16.4 Å². The van der Waals surface area contributed by atoms with Gasteiger partial charge in [-0.3, -0.25) is 4.79 Å². The number of carbonyl (C=O) groups excluding carboxylic acids is 1. The Balaban J connectivity index is 0.000000233. The monoisotopic (exact) mass is 1380 g/mol. The van der Waals surface area contributed by atoms with Crippen molar-refractivity contribution >= 4 is 5.91 Å². The minimum atomic E-state index is -2.19. The van der Waals surface area contributed by atoms with Crippen LogP contribution in [0.3, 0.4) is 0 Å². The van der Waals surface area contributed by atoms with Gasteiger partial charge >= 0.3 is 0 Å². The van der Waals surface area contributed by atoms with Crippen LogP contribution in [0, 0.1) is 85.0 Å². The summed E-state index contributed by atoms with van der Waals surface area (Å²) >= 11 is 0. The highest BCUT2D eigenvalue weighted by atomic mass is 16.3. The minimum absolute atomic E-state index is 0.00581. The molecule has 5 aliphatic rings. The van der Waals surface area contributed by atoms with Crippen molar-refractivity contribution in [2.45, 2.75) is 277 Å². The van der Waals surface area contributed by atoms with Crippen LogP contribution in [0.15, 0.2) is 95.2 Å². The van der Waals surface area contributed by atoms with Crippen LogP contribution in [0.1, 0.15) is 302 Å². The fourth-order valence-corrected chi connectivity index (χ4v) is 16.4. The quantitative estimate of drug-likeness (QED) is 0.0335. The van der Waals surface area contributed by atoms with Crippen molar-refractivity contribution in [2.24, 2.45) is 29.6 Å². The predicted molar refractivity (Wildman–Crippen MR) is 418 cm³/mol. The second kappa shape index (κ2) is 35.5. The molecule has 0 unspecified atom stereocenters. The van der Waals surface area contributed by atoms with Gasteiger partial charge in [-0.2, -0.15) is 0 Å². The minimum Gasteiger partial charge on any atom is -0.507 e. The third kappa shape index (κ3) is 18.1. The molecule has 10 heteroatoms. The zero-order chi connectivity index (χ0) is 84.8. The molecule has 0 radical (unpaired) electrons. The maximum Gasteiger partial charge on any atom is 0.219 e. The number of rotatable bonds is 19. The van der Waals surface area contributed by atoms with Crippen LogP contribution in [-0.4, -0.2) is 64.7 Å². The van der Waals surface area contributed by atoms with E-state index in [9.17, 15) is 45.6 Å². The fraction of sp³-hybridized carbons (Fsp3) is 0.544. The Kier molecular flexibility index (Phi) is 23.0. The summed E-state index contributed by atoms with van der Waals surface area (Å²) < 4.78 is 93.4. The largest absolute Gasteiger partial charge is 0.507 e. The van der Waals surface area contributed by atoms with E-state index in [2.05, 4.69) is 47.1 Å². The molecule has 0 bridgehead atoms. The third-order valence-corrected chi connectivity index (χ3v) is 22.7. The van der Waals surface area contributed by atoms with Crippen LogP contribution < -0.4 is 0 Å². The third-order valence-electron chi connectivity index (χ3n) is 22.7. The molecule has 1 heterocycles. The van der Waals surface area contributed by atoms with Crippen molar-refractivity contribution in [2.75, 3.05) is 13.1 Å². The number of carbonyl (C=O) groups is 1. The highest BCUT2D eigenvalue weighted by Crippen LogP contribution is 2.54. The zero-order valence-corrected chi connectivity index (χ0v) is 63.4. The molecule has 1 fully saturated rings. The Bertz CT molecular complexity index is 4190. The molecule has 1 aliphatic heterocycles. The smallest absolute Gasteiger partial charge is 0.219 e. The van der Waals surface area contributed by atoms with E-state index in [-0.39, 0.29) is 93.3 Å². The van der Waals surface area contributed by atoms with Gasteiger partial charge < -0.3 is 45.8 Å². The number of unbranched alkanes of at least 4 members (excludes halogenated alkanes) is 3. The number of amides is 1. The molecule has 548 valence electrons. The molecule has 1 amide bonds. The van der Waals surface area contributed by atoms with E-state index in [1.165, 1.54) is 0 Å². The molecule has 4 aromatic rings. The SMILES string of the molecule is [2H]C([2H])([2H])C1=C[C@H](c2c(O)c(C)c(CC3CN(C(C)=O)C3)c(C)c2O)[C@@H](C(=C)C)CC1.[2H]C([2H])([2H])C1=C[C@H](c2c(O)c(C)c(CCC)c(C)c2O)[C@@H](C(=C)C)CC1.[2H]C([2H])([2H])C1=C[C@H](c2c(O)c(C)c(CCCC)c(C)c2O)[C@@H](C(=C)C)CC1.[2H]C([2H])([2H])C1=C[C@H](c2c(O)c(C)c(CCCCC)c(C)c2O)[C@@H](C(=C)C)CC1. The number of hydrogen-bond donors (Lipinski definition) is 8. The fourth-order valence-electron chi connectivity index (χ4n) is 16.4. The molecule has 8 N–H and O–H groups in total. The van der Waals surface area contributed by atoms with E-state index >= 15 is 0 Å². The van der Waals surface area contributed by atoms with Gasteiger partial charge in [0.2, 0.25) is 5.91 Å². The maximum atomic E-state index is 11.5. The lowest BCUT2D eigenvalue weighted by atomic mass is 9.72. The lowest BCUT2D eigenvalue weighted by Crippen LogP contribution is -2.49. The summed E-state index contributed by atoms with van der Waals surface area (Å²) in [7, 11) is 0. The number of likely N-dealkylation sites (tertiary alicyclic amines) is 1. The average Bonchev–Trinajstić information content (AvgIpc) is 0.774. The maximum absolute atomic E-state index is 11.5. The summed E-state index contributed by atoms with van der Waals surface area (Å²) in [5.74, 6) is -0.737. The van der Waals surface area contributed by atoms with E-state index in [0.29, 0.717) is 132 Å². The first-order chi connectivity index (χ1) is 51.8. The summed E-state index contributed by atoms with van der Waals surface area (Å²) in [6.07, 6.45) is 20.6. The normalized spacial score (nSPS) is 23.6. The number of allylic oxidation sites excluding steroid dienone is 12. The Morgan fingerprint density at radius 2 is 0.640 bits per heavy atom. The van der Waals surface area contributed by atoms with Gasteiger partial charge in [-0.05, 0) is 297 Å². The van der Waals surface area contributed by atoms with E-state index in [1.54, 1.807) is 36.1 Å². The molecule has 100 heavy (non-hydrogen) atoms. The summed E-state index contributed by atoms with van der Waals surface area (Å²) in [5.41, 5.74) is 16.9. The molecule has 1 saturated heterocycles. The molecule has 4 aliphatic carbocycles. The molecule has 9 rings (SSSR count). The molecular formula is C90H129NO9. The first-order valence-corrected chi connectivity index (χ1v) is 36.7. The van der Waals surface area contributed by atoms with Gasteiger partial charge in [0.25, 0.3) is 0 Å². The number of benzene rings is 4. The number of nitrogens with zero attached hydrogens (tertiary/aromatic N) is 1. The van der Waals surface area contributed by atoms with Crippen LogP contribution in [0.4, 0.5) is 0 Å². The second-order valence-corrected chi connectivity index (χ2v) is 30.0. The molecule has 4 aromatic carbocycles. The molecular weight excluding hydrogens is 1240 g/mol. The summed E-state index contributed by atoms with van der Waals surface area (Å²) in [4.78, 5) is 13.2. The molecule has 0 saturated carbocycles. The molecule has 0 spiro atoms. The van der Waals surface area contributed by atoms with Gasteiger partial charge in [0.05, 0.1) is 0 Å². The van der Waals surface area contributed by atoms with Crippen LogP contribution in [0.2, 0.25) is 0 Å². The van der Waals surface area contributed by atoms with Gasteiger partial charge in [-0.1, -0.05) is 142 Å². The van der Waals surface area contributed by atoms with Crippen LogP contribution in [0.5, 0.6) is 46.0 Å². The molecule has 0 aromatic heterocycles. The van der Waals surface area contributed by atoms with Crippen LogP contribution >= 0.6 is 0 Å². The van der Waals surface area contributed by atoms with Gasteiger partial charge in [0.1, 0.15) is 46.0 Å². The Hall–Kier alpha value is -7.33. The zero-order valence-electron chi connectivity index (χ0n) is 75.4. The summed E-state index contributed by atoms with van der Waals surface area (Å²) in [6.45, 7) is 39.5. The van der Waals surface area contributed by atoms with Crippen molar-refractivity contribution in [3.05, 3.63) is 184 Å². The van der Waals surface area contributed by atoms with Crippen molar-refractivity contribution in [1.82, 2.24) is 4.90 Å². The summed E-state index contributed by atoms with van der Waals surface area (Å²) in [5, 5.41) is 88.0. The number of phenolic OH excluding ortho intramolecular Hbond substituents is 8. The highest BCUT2D eigenvalue weighted by molar-refractivity contribution is 5.74. The van der Waals surface area contributed by atoms with Crippen LogP contribution in [0.25, 0.3) is 0 Å². The predicted octanol–water partition coefficient (Wildman–Crippen LogP) is 23.0. The Morgan fingerprint density at radius 3 is 0.870 bits per heavy atom. The lowest BCUT2D eigenvalue weighted by Gasteiger charge is -2.39. The Morgan fingerprint density at radius 1 is 0.390 bits per heavy atom. The van der Waals surface area contributed by atoms with E-state index in [1.807, 2.05) is 83.1 Å². The van der Waals surface area contributed by atoms with Crippen molar-refractivity contribution in [1.29, 1.82) is 0 Å². The van der Waals surface area contributed by atoms with Crippen molar-refractivity contribution in [3.63, 3.8) is 0 Å². The van der Waals surface area contributed by atoms with Gasteiger partial charge in [-0.15, -0.1) is 0 Å².